The summed E-state index contributed by atoms with van der Waals surface area (Å²) in [5, 5.41) is 16.9. The summed E-state index contributed by atoms with van der Waals surface area (Å²) in [6, 6.07) is 10.3. The molecule has 0 aliphatic carbocycles. The fraction of sp³-hybridized carbons (Fsp3) is 0.0870. The average Bonchev–Trinajstić information content (AvgIpc) is 2.88. The molecule has 0 spiro atoms. The van der Waals surface area contributed by atoms with Gasteiger partial charge in [-0.15, -0.1) is 0 Å². The van der Waals surface area contributed by atoms with Gasteiger partial charge in [0.15, 0.2) is 17.3 Å². The molecule has 0 saturated heterocycles. The number of hydrogen-bond donors (Lipinski definition) is 3. The van der Waals surface area contributed by atoms with E-state index in [1.165, 1.54) is 31.8 Å². The summed E-state index contributed by atoms with van der Waals surface area (Å²) >= 11 is 0. The fourth-order valence-electron chi connectivity index (χ4n) is 3.07. The van der Waals surface area contributed by atoms with Crippen LogP contribution in [0.2, 0.25) is 0 Å². The third-order valence-electron chi connectivity index (χ3n) is 4.58. The van der Waals surface area contributed by atoms with Crippen molar-refractivity contribution in [3.8, 4) is 23.2 Å². The van der Waals surface area contributed by atoms with Crippen LogP contribution in [0.15, 0.2) is 61.3 Å². The predicted molar refractivity (Wildman–Crippen MR) is 125 cm³/mol. The highest BCUT2D eigenvalue weighted by Gasteiger charge is 2.17. The van der Waals surface area contributed by atoms with Gasteiger partial charge in [0.25, 0.3) is 5.91 Å². The molecule has 4 rings (SSSR count). The molecule has 1 aromatic carbocycles. The molecular weight excluding hydrogens is 434 g/mol. The number of nitrogens with one attached hydrogen (secondary N) is 3. The lowest BCUT2D eigenvalue weighted by atomic mass is 10.1. The fourth-order valence-corrected chi connectivity index (χ4v) is 3.07. The van der Waals surface area contributed by atoms with Crippen LogP contribution in [0.5, 0.6) is 5.75 Å². The number of rotatable bonds is 7. The molecule has 0 bridgehead atoms. The maximum absolute atomic E-state index is 12.8. The zero-order valence-corrected chi connectivity index (χ0v) is 17.8. The summed E-state index contributed by atoms with van der Waals surface area (Å²) in [6.07, 6.45) is 7.08. The lowest BCUT2D eigenvalue weighted by Crippen LogP contribution is -2.19. The lowest BCUT2D eigenvalue weighted by molar-refractivity contribution is 0.0963. The van der Waals surface area contributed by atoms with Gasteiger partial charge in [0.2, 0.25) is 0 Å². The molecule has 3 aromatic heterocycles. The van der Waals surface area contributed by atoms with E-state index in [0.717, 1.165) is 0 Å². The van der Waals surface area contributed by atoms with Crippen LogP contribution in [-0.4, -0.2) is 44.9 Å². The van der Waals surface area contributed by atoms with E-state index in [0.29, 0.717) is 28.6 Å². The zero-order chi connectivity index (χ0) is 26.4. The number of ether oxygens (including phenoxy) is 1. The third-order valence-corrected chi connectivity index (χ3v) is 4.58. The minimum atomic E-state index is -2.70. The molecule has 0 unspecified atom stereocenters. The SMILES string of the molecule is [2H]C([2H])([2H])NC(=O)c1cnc(Nc2cnc(C#N)cn2)cc1Nc1cccc(-c2ncccn2)c1OC. The van der Waals surface area contributed by atoms with Crippen LogP contribution in [0.3, 0.4) is 0 Å². The number of hydrogen-bond acceptors (Lipinski definition) is 10. The van der Waals surface area contributed by atoms with E-state index < -0.39 is 12.9 Å². The van der Waals surface area contributed by atoms with Crippen molar-refractivity contribution in [3.63, 3.8) is 0 Å². The Kier molecular flexibility index (Phi) is 5.43. The Balaban J connectivity index is 1.74. The highest BCUT2D eigenvalue weighted by molar-refractivity contribution is 6.00. The Morgan fingerprint density at radius 3 is 2.53 bits per heavy atom. The molecule has 0 atom stereocenters. The number of pyridine rings is 1. The molecule has 168 valence electrons. The smallest absolute Gasteiger partial charge is 0.254 e. The van der Waals surface area contributed by atoms with Crippen molar-refractivity contribution in [1.82, 2.24) is 30.2 Å². The van der Waals surface area contributed by atoms with E-state index in [4.69, 9.17) is 14.1 Å². The predicted octanol–water partition coefficient (Wildman–Crippen LogP) is 3.06. The Morgan fingerprint density at radius 2 is 1.82 bits per heavy atom. The van der Waals surface area contributed by atoms with Gasteiger partial charge in [0.05, 0.1) is 42.0 Å². The normalized spacial score (nSPS) is 11.8. The van der Waals surface area contributed by atoms with Gasteiger partial charge in [0, 0.05) is 35.7 Å². The number of amides is 1. The molecular formula is C23H19N9O2. The van der Waals surface area contributed by atoms with Crippen LogP contribution in [0.25, 0.3) is 11.4 Å². The molecule has 0 radical (unpaired) electrons. The number of nitriles is 1. The Bertz CT molecular complexity index is 1460. The van der Waals surface area contributed by atoms with Crippen LogP contribution in [0.1, 0.15) is 20.2 Å². The van der Waals surface area contributed by atoms with Crippen molar-refractivity contribution < 1.29 is 13.6 Å². The van der Waals surface area contributed by atoms with Crippen LogP contribution < -0.4 is 20.7 Å². The molecule has 3 heterocycles. The topological polar surface area (TPSA) is 151 Å². The van der Waals surface area contributed by atoms with Crippen LogP contribution in [-0.2, 0) is 0 Å². The van der Waals surface area contributed by atoms with Gasteiger partial charge in [-0.1, -0.05) is 6.07 Å². The van der Waals surface area contributed by atoms with Gasteiger partial charge in [-0.05, 0) is 18.2 Å². The quantitative estimate of drug-likeness (QED) is 0.378. The first-order chi connectivity index (χ1) is 17.8. The minimum Gasteiger partial charge on any atom is -0.494 e. The summed E-state index contributed by atoms with van der Waals surface area (Å²) in [5.74, 6) is 0.549. The summed E-state index contributed by atoms with van der Waals surface area (Å²) in [4.78, 5) is 33.5. The van der Waals surface area contributed by atoms with E-state index in [1.807, 2.05) is 11.4 Å². The van der Waals surface area contributed by atoms with Crippen molar-refractivity contribution in [2.24, 2.45) is 0 Å². The Hall–Kier alpha value is -5.11. The standard InChI is InChI=1S/C23H19N9O2/c1-25-23(33)16-12-30-19(32-20-13-28-14(10-24)11-29-20)9-18(16)31-17-6-3-5-15(21(17)34-2)22-26-7-4-8-27-22/h3-9,11-13H,1-2H3,(H,25,33)(H2,29,30,31,32)/i1D3. The molecule has 11 nitrogen and oxygen atoms in total. The summed E-state index contributed by atoms with van der Waals surface area (Å²) in [5.41, 5.74) is 1.40. The van der Waals surface area contributed by atoms with Crippen molar-refractivity contribution >= 4 is 28.9 Å². The summed E-state index contributed by atoms with van der Waals surface area (Å²) in [7, 11) is 1.48. The number of aromatic nitrogens is 5. The largest absolute Gasteiger partial charge is 0.494 e. The number of methoxy groups -OCH3 is 1. The molecule has 34 heavy (non-hydrogen) atoms. The van der Waals surface area contributed by atoms with E-state index in [9.17, 15) is 4.79 Å². The first-order valence-electron chi connectivity index (χ1n) is 11.3. The van der Waals surface area contributed by atoms with E-state index in [-0.39, 0.29) is 22.8 Å². The van der Waals surface area contributed by atoms with Crippen LogP contribution in [0, 0.1) is 11.3 Å². The second-order valence-corrected chi connectivity index (χ2v) is 6.68. The van der Waals surface area contributed by atoms with E-state index >= 15 is 0 Å². The molecule has 0 saturated carbocycles. The second kappa shape index (κ2) is 10.0. The van der Waals surface area contributed by atoms with Crippen molar-refractivity contribution in [2.75, 3.05) is 24.7 Å². The van der Waals surface area contributed by atoms with Crippen molar-refractivity contribution in [2.45, 2.75) is 0 Å². The molecule has 0 aliphatic heterocycles. The highest BCUT2D eigenvalue weighted by atomic mass is 16.5. The Morgan fingerprint density at radius 1 is 1.00 bits per heavy atom. The van der Waals surface area contributed by atoms with Gasteiger partial charge < -0.3 is 20.7 Å². The third kappa shape index (κ3) is 4.71. The van der Waals surface area contributed by atoms with Crippen molar-refractivity contribution in [1.29, 1.82) is 5.26 Å². The monoisotopic (exact) mass is 456 g/mol. The molecule has 0 fully saturated rings. The number of anilines is 4. The number of benzene rings is 1. The van der Waals surface area contributed by atoms with E-state index in [1.54, 1.807) is 36.7 Å². The summed E-state index contributed by atoms with van der Waals surface area (Å²) in [6.45, 7) is -2.70. The van der Waals surface area contributed by atoms with Crippen LogP contribution in [0.4, 0.5) is 23.0 Å². The van der Waals surface area contributed by atoms with Crippen molar-refractivity contribution in [3.05, 3.63) is 72.6 Å². The second-order valence-electron chi connectivity index (χ2n) is 6.68. The Labute approximate surface area is 199 Å². The van der Waals surface area contributed by atoms with Gasteiger partial charge in [0.1, 0.15) is 17.7 Å². The number of para-hydroxylation sites is 1. The average molecular weight is 456 g/mol. The number of carbonyl (C=O) groups is 1. The van der Waals surface area contributed by atoms with Gasteiger partial charge in [-0.25, -0.2) is 24.9 Å². The molecule has 1 amide bonds. The lowest BCUT2D eigenvalue weighted by Gasteiger charge is -2.17. The molecule has 3 N–H and O–H groups in total. The van der Waals surface area contributed by atoms with Gasteiger partial charge in [-0.2, -0.15) is 5.26 Å². The summed E-state index contributed by atoms with van der Waals surface area (Å²) < 4.78 is 27.8. The number of carbonyl (C=O) groups excluding carboxylic acids is 1. The maximum atomic E-state index is 12.8. The zero-order valence-electron chi connectivity index (χ0n) is 20.8. The van der Waals surface area contributed by atoms with Gasteiger partial charge >= 0.3 is 0 Å². The molecule has 11 heteroatoms. The number of nitrogens with zero attached hydrogens (tertiary/aromatic N) is 6. The highest BCUT2D eigenvalue weighted by Crippen LogP contribution is 2.37. The first kappa shape index (κ1) is 18.5. The van der Waals surface area contributed by atoms with Gasteiger partial charge in [-0.3, -0.25) is 4.79 Å². The molecule has 4 aromatic rings. The maximum Gasteiger partial charge on any atom is 0.254 e. The van der Waals surface area contributed by atoms with E-state index in [2.05, 4.69) is 35.6 Å². The minimum absolute atomic E-state index is 0.0315. The van der Waals surface area contributed by atoms with Crippen LogP contribution >= 0.6 is 0 Å². The first-order valence-corrected chi connectivity index (χ1v) is 9.80. The molecule has 0 aliphatic rings.